The summed E-state index contributed by atoms with van der Waals surface area (Å²) in [6.07, 6.45) is 0.308. The minimum atomic E-state index is 0.00367. The summed E-state index contributed by atoms with van der Waals surface area (Å²) in [7, 11) is 0. The van der Waals surface area contributed by atoms with Gasteiger partial charge in [-0.25, -0.2) is 0 Å². The number of carbonyl (C=O) groups excluding carboxylic acids is 1. The van der Waals surface area contributed by atoms with Crippen LogP contribution in [0.4, 0.5) is 0 Å². The Morgan fingerprint density at radius 2 is 2.12 bits per heavy atom. The number of benzene rings is 1. The molecule has 3 nitrogen and oxygen atoms in total. The Bertz CT molecular complexity index is 540. The lowest BCUT2D eigenvalue weighted by Crippen LogP contribution is -2.16. The van der Waals surface area contributed by atoms with Crippen LogP contribution in [0.3, 0.4) is 0 Å². The van der Waals surface area contributed by atoms with Crippen LogP contribution >= 0.6 is 15.9 Å². The number of carbonyl (C=O) groups is 1. The predicted molar refractivity (Wildman–Crippen MR) is 67.2 cm³/mol. The van der Waals surface area contributed by atoms with Gasteiger partial charge in [-0.3, -0.25) is 9.78 Å². The number of ketones is 1. The molecular formula is C12H11BrN2O. The highest BCUT2D eigenvalue weighted by Gasteiger charge is 2.03. The van der Waals surface area contributed by atoms with Gasteiger partial charge in [0.05, 0.1) is 18.5 Å². The third-order valence-electron chi connectivity index (χ3n) is 2.31. The summed E-state index contributed by atoms with van der Waals surface area (Å²) >= 11 is 3.40. The van der Waals surface area contributed by atoms with Crippen LogP contribution in [0.2, 0.25) is 0 Å². The Morgan fingerprint density at radius 3 is 2.88 bits per heavy atom. The summed E-state index contributed by atoms with van der Waals surface area (Å²) in [6, 6.07) is 9.69. The second-order valence-corrected chi connectivity index (χ2v) is 4.47. The summed E-state index contributed by atoms with van der Waals surface area (Å²) in [5, 5.41) is 1.05. The molecule has 2 N–H and O–H groups in total. The molecule has 16 heavy (non-hydrogen) atoms. The molecule has 0 amide bonds. The zero-order valence-electron chi connectivity index (χ0n) is 8.61. The monoisotopic (exact) mass is 278 g/mol. The first-order valence-corrected chi connectivity index (χ1v) is 5.75. The Balaban J connectivity index is 2.37. The number of halogens is 1. The van der Waals surface area contributed by atoms with Crippen LogP contribution in [0.1, 0.15) is 5.69 Å². The molecule has 1 heterocycles. The second kappa shape index (κ2) is 4.72. The maximum atomic E-state index is 11.2. The molecule has 0 atom stereocenters. The van der Waals surface area contributed by atoms with E-state index in [1.165, 1.54) is 0 Å². The average molecular weight is 279 g/mol. The fourth-order valence-electron chi connectivity index (χ4n) is 1.51. The molecule has 82 valence electrons. The van der Waals surface area contributed by atoms with Crippen LogP contribution in [0.25, 0.3) is 10.9 Å². The van der Waals surface area contributed by atoms with Gasteiger partial charge in [0.2, 0.25) is 0 Å². The van der Waals surface area contributed by atoms with E-state index in [0.29, 0.717) is 6.42 Å². The molecule has 1 aromatic heterocycles. The van der Waals surface area contributed by atoms with Crippen molar-refractivity contribution in [3.63, 3.8) is 0 Å². The molecule has 0 radical (unpaired) electrons. The number of pyridine rings is 1. The molecule has 4 heteroatoms. The number of rotatable bonds is 3. The van der Waals surface area contributed by atoms with Crippen molar-refractivity contribution in [3.8, 4) is 0 Å². The van der Waals surface area contributed by atoms with Gasteiger partial charge in [-0.1, -0.05) is 22.0 Å². The minimum absolute atomic E-state index is 0.00367. The van der Waals surface area contributed by atoms with Gasteiger partial charge in [-0.2, -0.15) is 0 Å². The quantitative estimate of drug-likeness (QED) is 0.935. The van der Waals surface area contributed by atoms with Crippen LogP contribution in [0.5, 0.6) is 0 Å². The molecule has 0 unspecified atom stereocenters. The first kappa shape index (κ1) is 11.2. The molecule has 2 rings (SSSR count). The molecule has 0 aliphatic carbocycles. The number of hydrogen-bond donors (Lipinski definition) is 1. The Hall–Kier alpha value is -1.26. The molecule has 0 aliphatic heterocycles. The number of nitrogens with zero attached hydrogens (tertiary/aromatic N) is 1. The lowest BCUT2D eigenvalue weighted by atomic mass is 10.1. The van der Waals surface area contributed by atoms with Crippen molar-refractivity contribution < 1.29 is 4.79 Å². The summed E-state index contributed by atoms with van der Waals surface area (Å²) < 4.78 is 1.02. The van der Waals surface area contributed by atoms with E-state index in [4.69, 9.17) is 5.73 Å². The summed E-state index contributed by atoms with van der Waals surface area (Å²) in [4.78, 5) is 15.6. The van der Waals surface area contributed by atoms with Gasteiger partial charge in [-0.15, -0.1) is 0 Å². The van der Waals surface area contributed by atoms with Crippen LogP contribution in [0, 0.1) is 0 Å². The van der Waals surface area contributed by atoms with Gasteiger partial charge in [0.15, 0.2) is 5.78 Å². The lowest BCUT2D eigenvalue weighted by molar-refractivity contribution is -0.117. The largest absolute Gasteiger partial charge is 0.324 e. The Labute approximate surface area is 102 Å². The Kier molecular flexibility index (Phi) is 3.31. The third-order valence-corrected chi connectivity index (χ3v) is 2.81. The van der Waals surface area contributed by atoms with E-state index >= 15 is 0 Å². The van der Waals surface area contributed by atoms with Gasteiger partial charge >= 0.3 is 0 Å². The van der Waals surface area contributed by atoms with Crippen molar-refractivity contribution in [1.82, 2.24) is 4.98 Å². The van der Waals surface area contributed by atoms with Crippen LogP contribution in [-0.2, 0) is 11.2 Å². The highest BCUT2D eigenvalue weighted by Crippen LogP contribution is 2.18. The van der Waals surface area contributed by atoms with Crippen molar-refractivity contribution in [3.05, 3.63) is 40.5 Å². The average Bonchev–Trinajstić information content (AvgIpc) is 2.29. The van der Waals surface area contributed by atoms with E-state index in [-0.39, 0.29) is 12.3 Å². The highest BCUT2D eigenvalue weighted by molar-refractivity contribution is 9.10. The van der Waals surface area contributed by atoms with Gasteiger partial charge in [-0.05, 0) is 24.3 Å². The molecule has 2 aromatic rings. The first-order valence-electron chi connectivity index (χ1n) is 4.96. The van der Waals surface area contributed by atoms with E-state index in [2.05, 4.69) is 20.9 Å². The second-order valence-electron chi connectivity index (χ2n) is 3.56. The normalized spacial score (nSPS) is 10.6. The highest BCUT2D eigenvalue weighted by atomic mass is 79.9. The van der Waals surface area contributed by atoms with Crippen molar-refractivity contribution in [2.24, 2.45) is 5.73 Å². The molecule has 0 saturated carbocycles. The van der Waals surface area contributed by atoms with Crippen molar-refractivity contribution in [2.75, 3.05) is 6.54 Å². The first-order chi connectivity index (χ1) is 7.69. The van der Waals surface area contributed by atoms with E-state index in [0.717, 1.165) is 21.1 Å². The van der Waals surface area contributed by atoms with Gasteiger partial charge in [0, 0.05) is 15.6 Å². The predicted octanol–water partition coefficient (Wildman–Crippen LogP) is 2.07. The maximum Gasteiger partial charge on any atom is 0.152 e. The van der Waals surface area contributed by atoms with E-state index < -0.39 is 0 Å². The van der Waals surface area contributed by atoms with Gasteiger partial charge in [0.1, 0.15) is 0 Å². The van der Waals surface area contributed by atoms with E-state index in [9.17, 15) is 4.79 Å². The topological polar surface area (TPSA) is 56.0 Å². The summed E-state index contributed by atoms with van der Waals surface area (Å²) in [6.45, 7) is 0.0695. The SMILES string of the molecule is NCC(=O)Cc1ccc2cc(Br)ccc2n1. The Morgan fingerprint density at radius 1 is 1.31 bits per heavy atom. The molecule has 0 bridgehead atoms. The summed E-state index contributed by atoms with van der Waals surface area (Å²) in [5.74, 6) is 0.00367. The van der Waals surface area contributed by atoms with Crippen molar-refractivity contribution >= 4 is 32.6 Å². The number of nitrogens with two attached hydrogens (primary N) is 1. The van der Waals surface area contributed by atoms with Gasteiger partial charge in [0.25, 0.3) is 0 Å². The van der Waals surface area contributed by atoms with Crippen molar-refractivity contribution in [2.45, 2.75) is 6.42 Å². The van der Waals surface area contributed by atoms with E-state index in [1.54, 1.807) is 0 Å². The number of Topliss-reactive ketones (excluding diaryl/α,β-unsaturated/α-hetero) is 1. The number of fused-ring (bicyclic) bond motifs is 1. The number of hydrogen-bond acceptors (Lipinski definition) is 3. The molecule has 0 saturated heterocycles. The van der Waals surface area contributed by atoms with Crippen LogP contribution in [-0.4, -0.2) is 17.3 Å². The van der Waals surface area contributed by atoms with Crippen LogP contribution < -0.4 is 5.73 Å². The number of aromatic nitrogens is 1. The third kappa shape index (κ3) is 2.46. The molecule has 0 aliphatic rings. The standard InChI is InChI=1S/C12H11BrN2O/c13-9-2-4-12-8(5-9)1-3-10(15-12)6-11(16)7-14/h1-5H,6-7,14H2. The van der Waals surface area contributed by atoms with Gasteiger partial charge < -0.3 is 5.73 Å². The molecular weight excluding hydrogens is 268 g/mol. The van der Waals surface area contributed by atoms with E-state index in [1.807, 2.05) is 30.3 Å². The van der Waals surface area contributed by atoms with Crippen LogP contribution in [0.15, 0.2) is 34.8 Å². The smallest absolute Gasteiger partial charge is 0.152 e. The molecule has 0 spiro atoms. The molecule has 1 aromatic carbocycles. The molecule has 0 fully saturated rings. The lowest BCUT2D eigenvalue weighted by Gasteiger charge is -2.02. The zero-order chi connectivity index (χ0) is 11.5. The fourth-order valence-corrected chi connectivity index (χ4v) is 1.89. The fraction of sp³-hybridized carbons (Fsp3) is 0.167. The maximum absolute atomic E-state index is 11.2. The van der Waals surface area contributed by atoms with Crippen molar-refractivity contribution in [1.29, 1.82) is 0 Å². The zero-order valence-corrected chi connectivity index (χ0v) is 10.2. The summed E-state index contributed by atoms with van der Waals surface area (Å²) in [5.41, 5.74) is 6.93. The minimum Gasteiger partial charge on any atom is -0.324 e.